The van der Waals surface area contributed by atoms with Crippen LogP contribution in [0.5, 0.6) is 11.5 Å². The van der Waals surface area contributed by atoms with Crippen molar-refractivity contribution in [2.24, 2.45) is 0 Å². The van der Waals surface area contributed by atoms with Gasteiger partial charge in [-0.15, -0.1) is 0 Å². The fraction of sp³-hybridized carbons (Fsp3) is 0.162. The number of carboxylic acid groups (broad SMARTS) is 1. The quantitative estimate of drug-likeness (QED) is 0.157. The third-order valence-corrected chi connectivity index (χ3v) is 7.91. The molecule has 2 aromatic heterocycles. The average molecular weight is 593 g/mol. The number of carbonyl (C=O) groups is 1. The Bertz CT molecular complexity index is 1750. The predicted octanol–water partition coefficient (Wildman–Crippen LogP) is 7.46. The number of hydrogen-bond donors (Lipinski definition) is 1. The van der Waals surface area contributed by atoms with Gasteiger partial charge >= 0.3 is 35.5 Å². The second-order valence-corrected chi connectivity index (χ2v) is 10.8. The zero-order valence-corrected chi connectivity index (χ0v) is 23.9. The molecule has 0 radical (unpaired) electrons. The molecule has 6 rings (SSSR count). The molecule has 0 spiro atoms. The summed E-state index contributed by atoms with van der Waals surface area (Å²) in [6.45, 7) is 2.80. The van der Waals surface area contributed by atoms with Gasteiger partial charge in [-0.05, 0) is 66.1 Å². The van der Waals surface area contributed by atoms with Gasteiger partial charge in [0.25, 0.3) is 0 Å². The molecule has 0 bridgehead atoms. The van der Waals surface area contributed by atoms with E-state index in [4.69, 9.17) is 9.47 Å². The van der Waals surface area contributed by atoms with Gasteiger partial charge < -0.3 is 14.6 Å². The van der Waals surface area contributed by atoms with Gasteiger partial charge in [0.05, 0.1) is 22.4 Å². The first-order valence-corrected chi connectivity index (χ1v) is 14.3. The van der Waals surface area contributed by atoms with Gasteiger partial charge in [-0.1, -0.05) is 79.7 Å². The van der Waals surface area contributed by atoms with Crippen LogP contribution in [0.25, 0.3) is 21.8 Å². The van der Waals surface area contributed by atoms with Crippen molar-refractivity contribution in [3.05, 3.63) is 144 Å². The van der Waals surface area contributed by atoms with E-state index < -0.39 is 11.4 Å². The standard InChI is InChI=1S/C37H32N2O4.Na.H/c1-37(23-22-36(40)41,28-12-18-32(19-13-28)42-24-30-16-10-26-6-2-4-8-34(26)38-30)29-14-20-33(21-15-29)43-25-31-17-11-27-7-3-5-9-35(27)39-31;;/h2-21H,22-25H2,1H3,(H,40,41);;. The minimum atomic E-state index is -0.822. The van der Waals surface area contributed by atoms with Crippen LogP contribution in [0.2, 0.25) is 0 Å². The number of aliphatic carboxylic acids is 1. The molecule has 0 fully saturated rings. The van der Waals surface area contributed by atoms with Crippen LogP contribution in [0.1, 0.15) is 42.3 Å². The van der Waals surface area contributed by atoms with E-state index in [1.165, 1.54) is 0 Å². The van der Waals surface area contributed by atoms with Crippen LogP contribution >= 0.6 is 0 Å². The van der Waals surface area contributed by atoms with E-state index in [2.05, 4.69) is 29.0 Å². The number of fused-ring (bicyclic) bond motifs is 2. The second-order valence-electron chi connectivity index (χ2n) is 10.8. The molecular formula is C37H33N2NaO4. The summed E-state index contributed by atoms with van der Waals surface area (Å²) in [7, 11) is 0. The van der Waals surface area contributed by atoms with E-state index in [1.807, 2.05) is 109 Å². The zero-order chi connectivity index (χ0) is 29.6. The Morgan fingerprint density at radius 1 is 0.636 bits per heavy atom. The van der Waals surface area contributed by atoms with Crippen molar-refractivity contribution >= 4 is 57.3 Å². The number of carboxylic acids is 1. The molecule has 6 nitrogen and oxygen atoms in total. The van der Waals surface area contributed by atoms with E-state index in [0.29, 0.717) is 19.6 Å². The van der Waals surface area contributed by atoms with E-state index >= 15 is 0 Å². The molecule has 6 aromatic rings. The summed E-state index contributed by atoms with van der Waals surface area (Å²) in [6.07, 6.45) is 0.499. The Hall–Kier alpha value is -4.23. The second kappa shape index (κ2) is 14.0. The first-order valence-electron chi connectivity index (χ1n) is 14.3. The molecule has 44 heavy (non-hydrogen) atoms. The molecule has 0 aliphatic carbocycles. The van der Waals surface area contributed by atoms with E-state index in [-0.39, 0.29) is 36.0 Å². The number of benzene rings is 4. The molecular weight excluding hydrogens is 559 g/mol. The number of pyridine rings is 2. The Morgan fingerprint density at radius 2 is 1.07 bits per heavy atom. The number of aromatic nitrogens is 2. The normalized spacial score (nSPS) is 11.2. The zero-order valence-electron chi connectivity index (χ0n) is 23.9. The predicted molar refractivity (Wildman–Crippen MR) is 176 cm³/mol. The van der Waals surface area contributed by atoms with Gasteiger partial charge in [0.2, 0.25) is 0 Å². The molecule has 4 aromatic carbocycles. The summed E-state index contributed by atoms with van der Waals surface area (Å²) in [5.41, 5.74) is 5.10. The molecule has 2 heterocycles. The molecule has 0 aliphatic heterocycles. The van der Waals surface area contributed by atoms with Gasteiger partial charge in [0.1, 0.15) is 24.7 Å². The van der Waals surface area contributed by atoms with Crippen LogP contribution in [0.15, 0.2) is 121 Å². The fourth-order valence-electron chi connectivity index (χ4n) is 5.34. The fourth-order valence-corrected chi connectivity index (χ4v) is 5.34. The third kappa shape index (κ3) is 7.28. The van der Waals surface area contributed by atoms with Gasteiger partial charge in [0.15, 0.2) is 0 Å². The molecule has 0 saturated heterocycles. The first-order chi connectivity index (χ1) is 21.0. The molecule has 216 valence electrons. The Kier molecular flexibility index (Phi) is 9.95. The summed E-state index contributed by atoms with van der Waals surface area (Å²) in [6, 6.07) is 39.9. The molecule has 7 heteroatoms. The summed E-state index contributed by atoms with van der Waals surface area (Å²) in [5, 5.41) is 11.7. The van der Waals surface area contributed by atoms with Crippen molar-refractivity contribution in [2.45, 2.75) is 38.4 Å². The Morgan fingerprint density at radius 3 is 1.50 bits per heavy atom. The summed E-state index contributed by atoms with van der Waals surface area (Å²) < 4.78 is 12.1. The van der Waals surface area contributed by atoms with Crippen molar-refractivity contribution in [1.82, 2.24) is 9.97 Å². The topological polar surface area (TPSA) is 81.5 Å². The van der Waals surface area contributed by atoms with Gasteiger partial charge in [0, 0.05) is 22.6 Å². The van der Waals surface area contributed by atoms with Gasteiger partial charge in [-0.25, -0.2) is 9.97 Å². The molecule has 1 N–H and O–H groups in total. The molecule has 0 atom stereocenters. The maximum atomic E-state index is 11.6. The van der Waals surface area contributed by atoms with Crippen molar-refractivity contribution < 1.29 is 19.4 Å². The SMILES string of the molecule is CC(CCC(=O)O)(c1ccc(OCc2ccc3ccccc3n2)cc1)c1ccc(OCc2ccc3ccccc3n2)cc1.[NaH]. The monoisotopic (exact) mass is 592 g/mol. The van der Waals surface area contributed by atoms with E-state index in [0.717, 1.165) is 55.8 Å². The van der Waals surface area contributed by atoms with Gasteiger partial charge in [-0.2, -0.15) is 0 Å². The number of para-hydroxylation sites is 2. The van der Waals surface area contributed by atoms with E-state index in [1.54, 1.807) is 0 Å². The molecule has 0 unspecified atom stereocenters. The number of nitrogens with zero attached hydrogens (tertiary/aromatic N) is 2. The Balaban J connectivity index is 0.00000384. The van der Waals surface area contributed by atoms with Crippen LogP contribution in [0.3, 0.4) is 0 Å². The summed E-state index contributed by atoms with van der Waals surface area (Å²) >= 11 is 0. The van der Waals surface area contributed by atoms with Crippen LogP contribution in [-0.2, 0) is 23.4 Å². The van der Waals surface area contributed by atoms with Gasteiger partial charge in [-0.3, -0.25) is 4.79 Å². The van der Waals surface area contributed by atoms with Crippen molar-refractivity contribution in [3.8, 4) is 11.5 Å². The molecule has 0 saturated carbocycles. The Labute approximate surface area is 279 Å². The van der Waals surface area contributed by atoms with Crippen molar-refractivity contribution in [3.63, 3.8) is 0 Å². The van der Waals surface area contributed by atoms with Crippen LogP contribution in [0.4, 0.5) is 0 Å². The van der Waals surface area contributed by atoms with Crippen LogP contribution in [-0.4, -0.2) is 50.6 Å². The number of rotatable bonds is 11. The van der Waals surface area contributed by atoms with Crippen LogP contribution < -0.4 is 9.47 Å². The van der Waals surface area contributed by atoms with Crippen LogP contribution in [0, 0.1) is 0 Å². The molecule has 0 aliphatic rings. The number of hydrogen-bond acceptors (Lipinski definition) is 5. The van der Waals surface area contributed by atoms with Crippen molar-refractivity contribution in [1.29, 1.82) is 0 Å². The number of ether oxygens (including phenoxy) is 2. The van der Waals surface area contributed by atoms with Crippen molar-refractivity contribution in [2.75, 3.05) is 0 Å². The molecule has 0 amide bonds. The third-order valence-electron chi connectivity index (χ3n) is 7.91. The maximum absolute atomic E-state index is 11.6. The van der Waals surface area contributed by atoms with E-state index in [9.17, 15) is 9.90 Å². The average Bonchev–Trinajstić information content (AvgIpc) is 3.05. The first kappa shape index (κ1) is 31.2. The summed E-state index contributed by atoms with van der Waals surface area (Å²) in [5.74, 6) is 0.632. The summed E-state index contributed by atoms with van der Waals surface area (Å²) in [4.78, 5) is 20.9. The minimum absolute atomic E-state index is 0.